The topological polar surface area (TPSA) is 3.24 Å². The maximum atomic E-state index is 4.14. The summed E-state index contributed by atoms with van der Waals surface area (Å²) < 4.78 is 0. The Bertz CT molecular complexity index is 141. The van der Waals surface area contributed by atoms with Gasteiger partial charge in [0.2, 0.25) is 0 Å². The Kier molecular flexibility index (Phi) is 2.04. The van der Waals surface area contributed by atoms with Gasteiger partial charge in [0.25, 0.3) is 0 Å². The minimum absolute atomic E-state index is 0.119. The van der Waals surface area contributed by atoms with Gasteiger partial charge in [0, 0.05) is 12.1 Å². The fourth-order valence-corrected chi connectivity index (χ4v) is 1.63. The highest BCUT2D eigenvalue weighted by Crippen LogP contribution is 2.32. The second-order valence-corrected chi connectivity index (χ2v) is 5.15. The molecule has 1 aliphatic heterocycles. The largest absolute Gasteiger partial charge is 0.298 e. The summed E-state index contributed by atoms with van der Waals surface area (Å²) in [5.41, 5.74) is 0.628. The number of hydrogen-bond acceptors (Lipinski definition) is 1. The Morgan fingerprint density at radius 1 is 1.36 bits per heavy atom. The molecule has 1 nitrogen and oxygen atoms in total. The molecule has 1 saturated heterocycles. The van der Waals surface area contributed by atoms with Gasteiger partial charge in [0.1, 0.15) is 0 Å². The Labute approximate surface area is 70.8 Å². The molecule has 0 saturated carbocycles. The zero-order valence-electron chi connectivity index (χ0n) is 8.28. The molecule has 0 unspecified atom stereocenters. The van der Waals surface area contributed by atoms with Crippen LogP contribution in [0, 0.1) is 12.3 Å². The third-order valence-electron chi connectivity index (χ3n) is 2.53. The van der Waals surface area contributed by atoms with Crippen molar-refractivity contribution in [1.29, 1.82) is 0 Å². The van der Waals surface area contributed by atoms with Crippen molar-refractivity contribution in [3.05, 3.63) is 6.92 Å². The lowest BCUT2D eigenvalue weighted by molar-refractivity contribution is 0.180. The number of nitrogens with zero attached hydrogens (tertiary/aromatic N) is 1. The van der Waals surface area contributed by atoms with Crippen LogP contribution in [0.3, 0.4) is 0 Å². The maximum Gasteiger partial charge on any atom is 0.0154 e. The van der Waals surface area contributed by atoms with Gasteiger partial charge in [-0.2, -0.15) is 0 Å². The fourth-order valence-electron chi connectivity index (χ4n) is 1.63. The van der Waals surface area contributed by atoms with Crippen LogP contribution < -0.4 is 0 Å². The van der Waals surface area contributed by atoms with Crippen LogP contribution in [-0.4, -0.2) is 23.5 Å². The maximum absolute atomic E-state index is 4.14. The molecule has 1 radical (unpaired) electrons. The molecular formula is C10H20N. The van der Waals surface area contributed by atoms with Crippen LogP contribution in [0.25, 0.3) is 0 Å². The summed E-state index contributed by atoms with van der Waals surface area (Å²) in [7, 11) is 0. The molecule has 0 aliphatic carbocycles. The highest BCUT2D eigenvalue weighted by molar-refractivity contribution is 4.92. The van der Waals surface area contributed by atoms with E-state index in [0.29, 0.717) is 5.41 Å². The van der Waals surface area contributed by atoms with Crippen molar-refractivity contribution in [1.82, 2.24) is 4.90 Å². The van der Waals surface area contributed by atoms with Crippen molar-refractivity contribution in [2.24, 2.45) is 5.41 Å². The van der Waals surface area contributed by atoms with E-state index < -0.39 is 0 Å². The van der Waals surface area contributed by atoms with E-state index in [4.69, 9.17) is 0 Å². The summed E-state index contributed by atoms with van der Waals surface area (Å²) in [6.45, 7) is 15.6. The molecule has 11 heavy (non-hydrogen) atoms. The summed E-state index contributed by atoms with van der Waals surface area (Å²) in [5.74, 6) is 0. The molecule has 0 spiro atoms. The third kappa shape index (κ3) is 2.19. The van der Waals surface area contributed by atoms with E-state index in [-0.39, 0.29) is 5.54 Å². The minimum Gasteiger partial charge on any atom is -0.298 e. The van der Waals surface area contributed by atoms with Gasteiger partial charge >= 0.3 is 0 Å². The monoisotopic (exact) mass is 154 g/mol. The zero-order valence-corrected chi connectivity index (χ0v) is 8.28. The summed E-state index contributed by atoms with van der Waals surface area (Å²) in [4.78, 5) is 2.47. The van der Waals surface area contributed by atoms with Crippen molar-refractivity contribution in [3.8, 4) is 0 Å². The number of rotatable bonds is 1. The first-order valence-corrected chi connectivity index (χ1v) is 4.42. The first-order chi connectivity index (χ1) is 4.81. The fraction of sp³-hybridized carbons (Fsp3) is 0.900. The van der Waals surface area contributed by atoms with Gasteiger partial charge < -0.3 is 0 Å². The lowest BCUT2D eigenvalue weighted by atomic mass is 9.93. The van der Waals surface area contributed by atoms with Crippen LogP contribution in [0.5, 0.6) is 0 Å². The van der Waals surface area contributed by atoms with Crippen LogP contribution >= 0.6 is 0 Å². The minimum atomic E-state index is 0.119. The van der Waals surface area contributed by atoms with Crippen LogP contribution in [0.2, 0.25) is 0 Å². The van der Waals surface area contributed by atoms with Crippen molar-refractivity contribution in [2.75, 3.05) is 13.1 Å². The van der Waals surface area contributed by atoms with Crippen LogP contribution in [0.15, 0.2) is 0 Å². The Balaban J connectivity index is 2.55. The Morgan fingerprint density at radius 3 is 2.09 bits per heavy atom. The lowest BCUT2D eigenvalue weighted by Crippen LogP contribution is -2.40. The van der Waals surface area contributed by atoms with Gasteiger partial charge in [0.15, 0.2) is 0 Å². The molecule has 1 fully saturated rings. The van der Waals surface area contributed by atoms with E-state index in [2.05, 4.69) is 39.5 Å². The molecule has 0 aromatic carbocycles. The van der Waals surface area contributed by atoms with Gasteiger partial charge in [-0.1, -0.05) is 13.8 Å². The Hall–Kier alpha value is -0.0400. The van der Waals surface area contributed by atoms with E-state index in [1.165, 1.54) is 19.5 Å². The second kappa shape index (κ2) is 2.48. The molecule has 1 heteroatoms. The van der Waals surface area contributed by atoms with Crippen LogP contribution in [0.4, 0.5) is 0 Å². The van der Waals surface area contributed by atoms with Crippen molar-refractivity contribution < 1.29 is 0 Å². The molecule has 0 N–H and O–H groups in total. The highest BCUT2D eigenvalue weighted by atomic mass is 15.2. The molecular weight excluding hydrogens is 134 g/mol. The SMILES string of the molecule is [CH2]C(C)(C)N1CCC(C)(C)C1. The molecule has 65 valence electrons. The van der Waals surface area contributed by atoms with Crippen LogP contribution in [-0.2, 0) is 0 Å². The quantitative estimate of drug-likeness (QED) is 0.560. The zero-order chi connectivity index (χ0) is 8.70. The van der Waals surface area contributed by atoms with E-state index >= 15 is 0 Å². The molecule has 1 heterocycles. The molecule has 0 bridgehead atoms. The Morgan fingerprint density at radius 2 is 1.91 bits per heavy atom. The van der Waals surface area contributed by atoms with Crippen molar-refractivity contribution in [2.45, 2.75) is 39.7 Å². The van der Waals surface area contributed by atoms with Gasteiger partial charge in [-0.25, -0.2) is 0 Å². The molecule has 1 rings (SSSR count). The first kappa shape index (κ1) is 9.05. The normalized spacial score (nSPS) is 25.9. The summed E-state index contributed by atoms with van der Waals surface area (Å²) in [5, 5.41) is 0. The molecule has 0 aromatic heterocycles. The average Bonchev–Trinajstić information content (AvgIpc) is 2.07. The predicted octanol–water partition coefficient (Wildman–Crippen LogP) is 2.33. The smallest absolute Gasteiger partial charge is 0.0154 e. The highest BCUT2D eigenvalue weighted by Gasteiger charge is 2.34. The summed E-state index contributed by atoms with van der Waals surface area (Å²) in [6.07, 6.45) is 1.31. The van der Waals surface area contributed by atoms with E-state index in [1.807, 2.05) is 0 Å². The molecule has 0 aromatic rings. The van der Waals surface area contributed by atoms with Crippen molar-refractivity contribution >= 4 is 0 Å². The van der Waals surface area contributed by atoms with E-state index in [0.717, 1.165) is 0 Å². The average molecular weight is 154 g/mol. The molecule has 0 atom stereocenters. The number of hydrogen-bond donors (Lipinski definition) is 0. The van der Waals surface area contributed by atoms with Crippen LogP contribution in [0.1, 0.15) is 34.1 Å². The lowest BCUT2D eigenvalue weighted by Gasteiger charge is -2.32. The summed E-state index contributed by atoms with van der Waals surface area (Å²) >= 11 is 0. The third-order valence-corrected chi connectivity index (χ3v) is 2.53. The van der Waals surface area contributed by atoms with E-state index in [1.54, 1.807) is 0 Å². The predicted molar refractivity (Wildman–Crippen MR) is 49.4 cm³/mol. The summed E-state index contributed by atoms with van der Waals surface area (Å²) in [6, 6.07) is 0. The number of likely N-dealkylation sites (tertiary alicyclic amines) is 1. The van der Waals surface area contributed by atoms with Gasteiger partial charge in [0.05, 0.1) is 0 Å². The first-order valence-electron chi connectivity index (χ1n) is 4.42. The second-order valence-electron chi connectivity index (χ2n) is 5.15. The van der Waals surface area contributed by atoms with Gasteiger partial charge in [-0.3, -0.25) is 4.90 Å². The van der Waals surface area contributed by atoms with Crippen molar-refractivity contribution in [3.63, 3.8) is 0 Å². The standard InChI is InChI=1S/C10H20N/c1-9(2,3)11-7-6-10(4,5)8-11/h1,6-8H2,2-5H3. The van der Waals surface area contributed by atoms with Gasteiger partial charge in [-0.15, -0.1) is 0 Å². The molecule has 0 amide bonds. The van der Waals surface area contributed by atoms with E-state index in [9.17, 15) is 0 Å². The van der Waals surface area contributed by atoms with Gasteiger partial charge in [-0.05, 0) is 39.2 Å². The molecule has 1 aliphatic rings.